The van der Waals surface area contributed by atoms with Crippen LogP contribution in [-0.2, 0) is 0 Å². The van der Waals surface area contributed by atoms with Crippen molar-refractivity contribution in [2.24, 2.45) is 0 Å². The van der Waals surface area contributed by atoms with Crippen LogP contribution in [-0.4, -0.2) is 23.1 Å². The average molecular weight is 120 g/mol. The first-order valence-electron chi connectivity index (χ1n) is 2.85. The molecule has 2 heteroatoms. The molecule has 0 aromatic heterocycles. The zero-order chi connectivity index (χ0) is 5.91. The summed E-state index contributed by atoms with van der Waals surface area (Å²) in [5.74, 6) is 0. The third-order valence-electron chi connectivity index (χ3n) is 0.177. The molecule has 0 bridgehead atoms. The van der Waals surface area contributed by atoms with Crippen molar-refractivity contribution in [3.05, 3.63) is 6.92 Å². The van der Waals surface area contributed by atoms with Crippen LogP contribution in [0.25, 0.3) is 0 Å². The minimum absolute atomic E-state index is 0. The van der Waals surface area contributed by atoms with E-state index in [4.69, 9.17) is 4.11 Å². The number of hydrogen-bond donors (Lipinski definition) is 0. The van der Waals surface area contributed by atoms with E-state index in [1.165, 1.54) is 0 Å². The van der Waals surface area contributed by atoms with E-state index < -0.39 is 6.85 Å². The summed E-state index contributed by atoms with van der Waals surface area (Å²) in [4.78, 5) is 0. The van der Waals surface area contributed by atoms with Gasteiger partial charge in [0.2, 0.25) is 0 Å². The first-order chi connectivity index (χ1) is 3.06. The van der Waals surface area contributed by atoms with E-state index >= 15 is 0 Å². The summed E-state index contributed by atoms with van der Waals surface area (Å²) >= 11 is 0. The smallest absolute Gasteiger partial charge is 1.00 e. The van der Waals surface area contributed by atoms with Crippen molar-refractivity contribution in [3.63, 3.8) is 0 Å². The minimum Gasteiger partial charge on any atom is -1.00 e. The molecule has 0 aliphatic rings. The van der Waals surface area contributed by atoms with Crippen molar-refractivity contribution in [1.29, 1.82) is 0 Å². The van der Waals surface area contributed by atoms with E-state index in [9.17, 15) is 0 Å². The number of hydrogen-bond acceptors (Lipinski definition) is 0. The largest absolute Gasteiger partial charge is 2.00 e. The summed E-state index contributed by atoms with van der Waals surface area (Å²) in [6.45, 7) is 1.65. The van der Waals surface area contributed by atoms with Gasteiger partial charge in [0.25, 0.3) is 0 Å². The van der Waals surface area contributed by atoms with Gasteiger partial charge in [-0.25, -0.2) is 0 Å². The Hall–Kier alpha value is 1.06. The Morgan fingerprint density at radius 3 is 2.33 bits per heavy atom. The molecule has 0 aliphatic heterocycles. The maximum Gasteiger partial charge on any atom is 2.00 e. The third kappa shape index (κ3) is 19.7. The summed E-state index contributed by atoms with van der Waals surface area (Å²) in [5.41, 5.74) is 0. The van der Waals surface area contributed by atoms with Crippen molar-refractivity contribution in [2.75, 3.05) is 0 Å². The summed E-state index contributed by atoms with van der Waals surface area (Å²) in [5, 5.41) is 0. The van der Waals surface area contributed by atoms with Gasteiger partial charge >= 0.3 is 23.1 Å². The van der Waals surface area contributed by atoms with Gasteiger partial charge in [0.15, 0.2) is 0 Å². The molecule has 0 heterocycles. The van der Waals surface area contributed by atoms with Crippen molar-refractivity contribution < 1.29 is 16.5 Å². The monoisotopic (exact) mass is 119 g/mol. The molecule has 0 radical (unpaired) electrons. The van der Waals surface area contributed by atoms with Gasteiger partial charge < -0.3 is 19.3 Å². The SMILES string of the molecule is [2H]C([2H])([2H])CC[CH2-].[Cl-].[Mg+2]. The molecule has 0 amide bonds. The summed E-state index contributed by atoms with van der Waals surface area (Å²) < 4.78 is 19.9. The predicted molar refractivity (Wildman–Crippen MR) is 26.0 cm³/mol. The molecule has 0 fully saturated rings. The molecule has 0 atom stereocenters. The molecule has 0 aromatic rings. The summed E-state index contributed by atoms with van der Waals surface area (Å²) in [6, 6.07) is 0. The fraction of sp³-hybridized carbons (Fsp3) is 0.750. The first-order valence-corrected chi connectivity index (χ1v) is 1.35. The van der Waals surface area contributed by atoms with Crippen LogP contribution in [0.2, 0.25) is 0 Å². The standard InChI is InChI=1S/C4H9.ClH.Mg/c1-3-4-2;;/h1,3-4H2,2H3;1H;/q-1;;+2/p-1/i2D3;;. The van der Waals surface area contributed by atoms with Gasteiger partial charge in [0.05, 0.1) is 0 Å². The molecule has 0 aliphatic carbocycles. The van der Waals surface area contributed by atoms with Crippen LogP contribution in [0, 0.1) is 6.92 Å². The maximum atomic E-state index is 6.63. The predicted octanol–water partition coefficient (Wildman–Crippen LogP) is -1.76. The molecule has 0 N–H and O–H groups in total. The second kappa shape index (κ2) is 16.6. The zero-order valence-electron chi connectivity index (χ0n) is 6.71. The van der Waals surface area contributed by atoms with Gasteiger partial charge in [-0.15, -0.1) is 0 Å². The fourth-order valence-electron chi connectivity index (χ4n) is 0. The van der Waals surface area contributed by atoms with Gasteiger partial charge in [-0.1, -0.05) is 13.3 Å². The van der Waals surface area contributed by atoms with E-state index in [0.29, 0.717) is 6.42 Å². The minimum atomic E-state index is -1.76. The van der Waals surface area contributed by atoms with E-state index in [2.05, 4.69) is 6.92 Å². The molecule has 0 nitrogen and oxygen atoms in total. The quantitative estimate of drug-likeness (QED) is 0.284. The Kier molecular flexibility index (Phi) is 14.4. The molecular weight excluding hydrogens is 108 g/mol. The molecule has 0 saturated carbocycles. The van der Waals surface area contributed by atoms with Crippen LogP contribution in [0.3, 0.4) is 0 Å². The Labute approximate surface area is 66.5 Å². The molecule has 0 saturated heterocycles. The Morgan fingerprint density at radius 1 is 1.83 bits per heavy atom. The van der Waals surface area contributed by atoms with Crippen LogP contribution < -0.4 is 12.4 Å². The molecule has 0 spiro atoms. The molecule has 0 unspecified atom stereocenters. The van der Waals surface area contributed by atoms with Crippen molar-refractivity contribution in [3.8, 4) is 0 Å². The summed E-state index contributed by atoms with van der Waals surface area (Å²) in [7, 11) is 0. The van der Waals surface area contributed by atoms with Crippen molar-refractivity contribution in [1.82, 2.24) is 0 Å². The van der Waals surface area contributed by atoms with Crippen molar-refractivity contribution >= 4 is 23.1 Å². The molecular formula is C4H9ClMg. The molecule has 0 rings (SSSR count). The summed E-state index contributed by atoms with van der Waals surface area (Å²) in [6.07, 6.45) is 0.726. The van der Waals surface area contributed by atoms with E-state index in [1.54, 1.807) is 0 Å². The van der Waals surface area contributed by atoms with Gasteiger partial charge in [-0.2, -0.15) is 6.42 Å². The van der Waals surface area contributed by atoms with Crippen LogP contribution >= 0.6 is 0 Å². The van der Waals surface area contributed by atoms with Crippen LogP contribution in [0.15, 0.2) is 0 Å². The van der Waals surface area contributed by atoms with Crippen LogP contribution in [0.4, 0.5) is 0 Å². The third-order valence-corrected chi connectivity index (χ3v) is 0.177. The van der Waals surface area contributed by atoms with Gasteiger partial charge in [-0.3, -0.25) is 0 Å². The second-order valence-electron chi connectivity index (χ2n) is 0.604. The molecule has 0 aromatic carbocycles. The normalized spacial score (nSPS) is 14.5. The van der Waals surface area contributed by atoms with Gasteiger partial charge in [-0.05, 0) is 0 Å². The van der Waals surface area contributed by atoms with E-state index in [1.807, 2.05) is 0 Å². The first kappa shape index (κ1) is 5.20. The second-order valence-corrected chi connectivity index (χ2v) is 0.604. The topological polar surface area (TPSA) is 0 Å². The fourth-order valence-corrected chi connectivity index (χ4v) is 0. The zero-order valence-corrected chi connectivity index (χ0v) is 5.88. The molecule has 6 heavy (non-hydrogen) atoms. The molecule has 34 valence electrons. The van der Waals surface area contributed by atoms with Crippen molar-refractivity contribution in [2.45, 2.75) is 19.7 Å². The Balaban J connectivity index is -0.000000180. The Morgan fingerprint density at radius 2 is 2.33 bits per heavy atom. The van der Waals surface area contributed by atoms with Gasteiger partial charge in [0, 0.05) is 4.11 Å². The van der Waals surface area contributed by atoms with Gasteiger partial charge in [0.1, 0.15) is 0 Å². The average Bonchev–Trinajstić information content (AvgIpc) is 1.30. The van der Waals surface area contributed by atoms with E-state index in [-0.39, 0.29) is 41.9 Å². The number of rotatable bonds is 1. The number of halogens is 1. The van der Waals surface area contributed by atoms with Crippen LogP contribution in [0.5, 0.6) is 0 Å². The van der Waals surface area contributed by atoms with E-state index in [0.717, 1.165) is 0 Å². The Bertz CT molecular complexity index is 54.3. The maximum absolute atomic E-state index is 6.63. The van der Waals surface area contributed by atoms with Crippen LogP contribution in [0.1, 0.15) is 23.8 Å².